The van der Waals surface area contributed by atoms with Crippen molar-refractivity contribution in [3.05, 3.63) is 17.0 Å². The third-order valence-corrected chi connectivity index (χ3v) is 2.19. The van der Waals surface area contributed by atoms with Gasteiger partial charge in [0.2, 0.25) is 0 Å². The molecule has 0 fully saturated rings. The topological polar surface area (TPSA) is 43.8 Å². The number of aryl methyl sites for hydroxylation is 2. The molecule has 1 heterocycles. The highest BCUT2D eigenvalue weighted by Gasteiger charge is 2.12. The van der Waals surface area contributed by atoms with Crippen LogP contribution < -0.4 is 5.73 Å². The molecule has 0 bridgehead atoms. The number of hydrogen-bond acceptors (Lipinski definition) is 2. The molecule has 1 atom stereocenters. The zero-order valence-electron chi connectivity index (χ0n) is 8.26. The van der Waals surface area contributed by atoms with E-state index >= 15 is 0 Å². The van der Waals surface area contributed by atoms with Gasteiger partial charge in [-0.2, -0.15) is 5.10 Å². The fourth-order valence-corrected chi connectivity index (χ4v) is 1.68. The number of nitrogens with zero attached hydrogens (tertiary/aromatic N) is 2. The maximum absolute atomic E-state index is 5.83. The minimum atomic E-state index is 0.0882. The second kappa shape index (κ2) is 3.27. The van der Waals surface area contributed by atoms with Crippen LogP contribution in [-0.4, -0.2) is 9.78 Å². The van der Waals surface area contributed by atoms with Crippen LogP contribution in [0.1, 0.15) is 36.8 Å². The Morgan fingerprint density at radius 3 is 2.33 bits per heavy atom. The van der Waals surface area contributed by atoms with Gasteiger partial charge < -0.3 is 5.73 Å². The van der Waals surface area contributed by atoms with Gasteiger partial charge in [-0.1, -0.05) is 0 Å². The molecule has 0 saturated heterocycles. The molecule has 12 heavy (non-hydrogen) atoms. The van der Waals surface area contributed by atoms with E-state index in [1.807, 2.05) is 18.5 Å². The van der Waals surface area contributed by atoms with Crippen LogP contribution in [0.5, 0.6) is 0 Å². The first-order chi connectivity index (χ1) is 5.57. The Kier molecular flexibility index (Phi) is 2.52. The first-order valence-electron chi connectivity index (χ1n) is 4.37. The van der Waals surface area contributed by atoms with Crippen molar-refractivity contribution < 1.29 is 0 Å². The van der Waals surface area contributed by atoms with E-state index in [4.69, 9.17) is 5.73 Å². The molecule has 0 radical (unpaired) electrons. The molecular formula is C9H17N3. The van der Waals surface area contributed by atoms with Crippen LogP contribution in [0.15, 0.2) is 0 Å². The zero-order valence-corrected chi connectivity index (χ0v) is 8.26. The van der Waals surface area contributed by atoms with Crippen LogP contribution >= 0.6 is 0 Å². The minimum Gasteiger partial charge on any atom is -0.324 e. The summed E-state index contributed by atoms with van der Waals surface area (Å²) < 4.78 is 1.99. The monoisotopic (exact) mass is 167 g/mol. The van der Waals surface area contributed by atoms with Crippen LogP contribution in [-0.2, 0) is 6.54 Å². The summed E-state index contributed by atoms with van der Waals surface area (Å²) in [6.07, 6.45) is 0. The van der Waals surface area contributed by atoms with Crippen molar-refractivity contribution in [1.82, 2.24) is 9.78 Å². The summed E-state index contributed by atoms with van der Waals surface area (Å²) in [4.78, 5) is 0. The molecule has 3 heteroatoms. The predicted molar refractivity (Wildman–Crippen MR) is 50.0 cm³/mol. The molecular weight excluding hydrogens is 150 g/mol. The molecule has 0 spiro atoms. The van der Waals surface area contributed by atoms with E-state index in [-0.39, 0.29) is 6.04 Å². The molecule has 0 aromatic carbocycles. The SMILES string of the molecule is CCn1nc(C)c([C@@H](C)N)c1C. The third-order valence-electron chi connectivity index (χ3n) is 2.19. The molecule has 0 aliphatic rings. The van der Waals surface area contributed by atoms with Crippen molar-refractivity contribution in [2.24, 2.45) is 5.73 Å². The molecule has 0 unspecified atom stereocenters. The highest BCUT2D eigenvalue weighted by molar-refractivity contribution is 5.27. The molecule has 1 aromatic rings. The predicted octanol–water partition coefficient (Wildman–Crippen LogP) is 1.54. The highest BCUT2D eigenvalue weighted by Crippen LogP contribution is 2.18. The van der Waals surface area contributed by atoms with Gasteiger partial charge in [0.15, 0.2) is 0 Å². The smallest absolute Gasteiger partial charge is 0.0644 e. The highest BCUT2D eigenvalue weighted by atomic mass is 15.3. The van der Waals surface area contributed by atoms with Gasteiger partial charge in [-0.15, -0.1) is 0 Å². The quantitative estimate of drug-likeness (QED) is 0.726. The van der Waals surface area contributed by atoms with Crippen LogP contribution in [0.2, 0.25) is 0 Å². The van der Waals surface area contributed by atoms with E-state index in [0.717, 1.165) is 12.2 Å². The number of aromatic nitrogens is 2. The Hall–Kier alpha value is -0.830. The lowest BCUT2D eigenvalue weighted by atomic mass is 10.1. The molecule has 68 valence electrons. The normalized spacial score (nSPS) is 13.4. The van der Waals surface area contributed by atoms with Crippen molar-refractivity contribution in [3.8, 4) is 0 Å². The lowest BCUT2D eigenvalue weighted by Gasteiger charge is -2.05. The molecule has 0 saturated carbocycles. The van der Waals surface area contributed by atoms with Crippen molar-refractivity contribution in [1.29, 1.82) is 0 Å². The summed E-state index contributed by atoms with van der Waals surface area (Å²) in [6, 6.07) is 0.0882. The van der Waals surface area contributed by atoms with Gasteiger partial charge in [0.25, 0.3) is 0 Å². The lowest BCUT2D eigenvalue weighted by Crippen LogP contribution is -2.08. The Morgan fingerprint density at radius 2 is 2.08 bits per heavy atom. The maximum Gasteiger partial charge on any atom is 0.0644 e. The summed E-state index contributed by atoms with van der Waals surface area (Å²) in [5, 5.41) is 4.39. The van der Waals surface area contributed by atoms with Crippen LogP contribution in [0, 0.1) is 13.8 Å². The van der Waals surface area contributed by atoms with Crippen molar-refractivity contribution in [2.75, 3.05) is 0 Å². The van der Waals surface area contributed by atoms with Gasteiger partial charge in [-0.3, -0.25) is 4.68 Å². The zero-order chi connectivity index (χ0) is 9.30. The molecule has 0 amide bonds. The van der Waals surface area contributed by atoms with Crippen LogP contribution in [0.3, 0.4) is 0 Å². The summed E-state index contributed by atoms with van der Waals surface area (Å²) in [5.41, 5.74) is 9.28. The number of nitrogens with two attached hydrogens (primary N) is 1. The second-order valence-electron chi connectivity index (χ2n) is 3.19. The van der Waals surface area contributed by atoms with Gasteiger partial charge in [0.1, 0.15) is 0 Å². The minimum absolute atomic E-state index is 0.0882. The third kappa shape index (κ3) is 1.37. The van der Waals surface area contributed by atoms with E-state index in [2.05, 4.69) is 18.9 Å². The fraction of sp³-hybridized carbons (Fsp3) is 0.667. The van der Waals surface area contributed by atoms with E-state index in [0.29, 0.717) is 0 Å². The van der Waals surface area contributed by atoms with E-state index in [1.54, 1.807) is 0 Å². The van der Waals surface area contributed by atoms with Gasteiger partial charge in [0.05, 0.1) is 5.69 Å². The Bertz CT molecular complexity index is 274. The summed E-state index contributed by atoms with van der Waals surface area (Å²) >= 11 is 0. The Morgan fingerprint density at radius 1 is 1.50 bits per heavy atom. The van der Waals surface area contributed by atoms with Gasteiger partial charge in [-0.05, 0) is 27.7 Å². The molecule has 3 nitrogen and oxygen atoms in total. The largest absolute Gasteiger partial charge is 0.324 e. The average Bonchev–Trinajstić information content (AvgIpc) is 2.25. The standard InChI is InChI=1S/C9H17N3/c1-5-12-8(4)9(6(2)10)7(3)11-12/h6H,5,10H2,1-4H3/t6-/m1/s1. The second-order valence-corrected chi connectivity index (χ2v) is 3.19. The maximum atomic E-state index is 5.83. The van der Waals surface area contributed by atoms with Crippen LogP contribution in [0.4, 0.5) is 0 Å². The van der Waals surface area contributed by atoms with Gasteiger partial charge in [-0.25, -0.2) is 0 Å². The first-order valence-corrected chi connectivity index (χ1v) is 4.37. The average molecular weight is 167 g/mol. The molecule has 2 N–H and O–H groups in total. The van der Waals surface area contributed by atoms with Crippen molar-refractivity contribution in [3.63, 3.8) is 0 Å². The van der Waals surface area contributed by atoms with Gasteiger partial charge >= 0.3 is 0 Å². The molecule has 1 rings (SSSR count). The van der Waals surface area contributed by atoms with E-state index in [9.17, 15) is 0 Å². The lowest BCUT2D eigenvalue weighted by molar-refractivity contribution is 0.632. The molecule has 0 aliphatic heterocycles. The molecule has 0 aliphatic carbocycles. The van der Waals surface area contributed by atoms with Gasteiger partial charge in [0, 0.05) is 23.8 Å². The summed E-state index contributed by atoms with van der Waals surface area (Å²) in [5.74, 6) is 0. The van der Waals surface area contributed by atoms with E-state index < -0.39 is 0 Å². The van der Waals surface area contributed by atoms with Crippen molar-refractivity contribution >= 4 is 0 Å². The Balaban J connectivity index is 3.19. The molecule has 1 aromatic heterocycles. The number of rotatable bonds is 2. The van der Waals surface area contributed by atoms with Crippen molar-refractivity contribution in [2.45, 2.75) is 40.3 Å². The van der Waals surface area contributed by atoms with Crippen LogP contribution in [0.25, 0.3) is 0 Å². The summed E-state index contributed by atoms with van der Waals surface area (Å²) in [6.45, 7) is 9.08. The Labute approximate surface area is 73.6 Å². The van der Waals surface area contributed by atoms with E-state index in [1.165, 1.54) is 11.3 Å². The summed E-state index contributed by atoms with van der Waals surface area (Å²) in [7, 11) is 0. The fourth-order valence-electron chi connectivity index (χ4n) is 1.68. The number of hydrogen-bond donors (Lipinski definition) is 1. The first kappa shape index (κ1) is 9.26.